The lowest BCUT2D eigenvalue weighted by atomic mass is 9.90. The molecule has 0 unspecified atom stereocenters. The van der Waals surface area contributed by atoms with Gasteiger partial charge in [0.25, 0.3) is 0 Å². The molecule has 1 heterocycles. The number of benzene rings is 2. The molecule has 2 aliphatic rings. The van der Waals surface area contributed by atoms with Crippen LogP contribution in [0.25, 0.3) is 11.1 Å². The van der Waals surface area contributed by atoms with Gasteiger partial charge < -0.3 is 25.2 Å². The molecule has 0 radical (unpaired) electrons. The van der Waals surface area contributed by atoms with Crippen molar-refractivity contribution in [3.63, 3.8) is 0 Å². The number of alkyl carbamates (subject to hydrolysis) is 1. The van der Waals surface area contributed by atoms with Gasteiger partial charge in [0, 0.05) is 32.0 Å². The molecule has 1 aliphatic heterocycles. The Morgan fingerprint density at radius 3 is 2.19 bits per heavy atom. The highest BCUT2D eigenvalue weighted by atomic mass is 16.5. The van der Waals surface area contributed by atoms with Gasteiger partial charge in [0.05, 0.1) is 0 Å². The fourth-order valence-corrected chi connectivity index (χ4v) is 4.34. The van der Waals surface area contributed by atoms with Crippen LogP contribution in [-0.2, 0) is 19.1 Å². The van der Waals surface area contributed by atoms with Gasteiger partial charge >= 0.3 is 12.1 Å². The van der Waals surface area contributed by atoms with Gasteiger partial charge in [-0.3, -0.25) is 4.79 Å². The maximum Gasteiger partial charge on any atom is 0.407 e. The summed E-state index contributed by atoms with van der Waals surface area (Å²) in [5.41, 5.74) is 3.05. The summed E-state index contributed by atoms with van der Waals surface area (Å²) in [6.07, 6.45) is -0.386. The molecule has 1 fully saturated rings. The maximum absolute atomic E-state index is 12.6. The first-order chi connectivity index (χ1) is 15.4. The normalized spacial score (nSPS) is 17.5. The summed E-state index contributed by atoms with van der Waals surface area (Å²) in [7, 11) is 0. The second kappa shape index (κ2) is 9.00. The van der Waals surface area contributed by atoms with Crippen molar-refractivity contribution in [2.45, 2.75) is 37.3 Å². The first-order valence-corrected chi connectivity index (χ1v) is 10.7. The zero-order valence-corrected chi connectivity index (χ0v) is 17.8. The van der Waals surface area contributed by atoms with Gasteiger partial charge in [-0.25, -0.2) is 9.59 Å². The van der Waals surface area contributed by atoms with Crippen molar-refractivity contribution in [2.24, 2.45) is 0 Å². The van der Waals surface area contributed by atoms with Gasteiger partial charge in [0.1, 0.15) is 18.2 Å². The third-order valence-electron chi connectivity index (χ3n) is 6.19. The van der Waals surface area contributed by atoms with Crippen LogP contribution in [-0.4, -0.2) is 54.5 Å². The third-order valence-corrected chi connectivity index (χ3v) is 6.19. The van der Waals surface area contributed by atoms with Crippen LogP contribution in [0.3, 0.4) is 0 Å². The van der Waals surface area contributed by atoms with Crippen LogP contribution in [0.1, 0.15) is 36.8 Å². The number of fused-ring (bicyclic) bond motifs is 3. The van der Waals surface area contributed by atoms with Gasteiger partial charge in [-0.1, -0.05) is 48.5 Å². The number of ether oxygens (including phenoxy) is 2. The molecule has 1 saturated heterocycles. The summed E-state index contributed by atoms with van der Waals surface area (Å²) in [6, 6.07) is 15.1. The van der Waals surface area contributed by atoms with Crippen LogP contribution in [0, 0.1) is 0 Å². The third kappa shape index (κ3) is 4.18. The summed E-state index contributed by atoms with van der Waals surface area (Å²) in [5, 5.41) is 14.7. The number of carboxylic acid groups (broad SMARTS) is 1. The Bertz CT molecular complexity index is 985. The zero-order chi connectivity index (χ0) is 22.7. The van der Waals surface area contributed by atoms with E-state index < -0.39 is 29.6 Å². The molecule has 168 valence electrons. The Kier molecular flexibility index (Phi) is 6.14. The summed E-state index contributed by atoms with van der Waals surface area (Å²) in [5.74, 6) is -1.78. The quantitative estimate of drug-likeness (QED) is 0.639. The SMILES string of the molecule is C[C@H](NC(=O)OCC1c2ccccc2-c2ccccc21)C(=O)NC1(C(=O)O)CCOCC1. The van der Waals surface area contributed by atoms with Gasteiger partial charge in [0.15, 0.2) is 0 Å². The lowest BCUT2D eigenvalue weighted by Gasteiger charge is -2.34. The molecule has 4 rings (SSSR count). The fraction of sp³-hybridized carbons (Fsp3) is 0.375. The minimum absolute atomic E-state index is 0.0881. The molecule has 8 heteroatoms. The molecular weight excluding hydrogens is 412 g/mol. The topological polar surface area (TPSA) is 114 Å². The van der Waals surface area contributed by atoms with Crippen LogP contribution in [0.5, 0.6) is 0 Å². The van der Waals surface area contributed by atoms with E-state index in [-0.39, 0.29) is 38.6 Å². The molecule has 2 aromatic carbocycles. The Balaban J connectivity index is 1.36. The minimum atomic E-state index is -1.38. The van der Waals surface area contributed by atoms with Crippen LogP contribution < -0.4 is 10.6 Å². The van der Waals surface area contributed by atoms with Crippen molar-refractivity contribution in [1.29, 1.82) is 0 Å². The minimum Gasteiger partial charge on any atom is -0.480 e. The highest BCUT2D eigenvalue weighted by molar-refractivity contribution is 5.91. The Hall–Kier alpha value is -3.39. The van der Waals surface area contributed by atoms with Crippen LogP contribution >= 0.6 is 0 Å². The number of nitrogens with one attached hydrogen (secondary N) is 2. The van der Waals surface area contributed by atoms with Crippen molar-refractivity contribution < 1.29 is 29.0 Å². The number of amides is 2. The molecule has 0 aromatic heterocycles. The smallest absolute Gasteiger partial charge is 0.407 e. The zero-order valence-electron chi connectivity index (χ0n) is 17.8. The molecule has 2 amide bonds. The molecule has 0 saturated carbocycles. The van der Waals surface area contributed by atoms with Crippen molar-refractivity contribution >= 4 is 18.0 Å². The number of aliphatic carboxylic acids is 1. The number of hydrogen-bond donors (Lipinski definition) is 3. The summed E-state index contributed by atoms with van der Waals surface area (Å²) >= 11 is 0. The molecular formula is C24H26N2O6. The average molecular weight is 438 g/mol. The Morgan fingerprint density at radius 2 is 1.62 bits per heavy atom. The van der Waals surface area contributed by atoms with E-state index in [4.69, 9.17) is 9.47 Å². The van der Waals surface area contributed by atoms with E-state index in [0.29, 0.717) is 0 Å². The van der Waals surface area contributed by atoms with Gasteiger partial charge in [-0.15, -0.1) is 0 Å². The van der Waals surface area contributed by atoms with E-state index in [0.717, 1.165) is 22.3 Å². The van der Waals surface area contributed by atoms with Crippen molar-refractivity contribution in [3.05, 3.63) is 59.7 Å². The first kappa shape index (κ1) is 21.8. The largest absolute Gasteiger partial charge is 0.480 e. The molecule has 1 aliphatic carbocycles. The standard InChI is InChI=1S/C24H26N2O6/c1-15(21(27)26-24(22(28)29)10-12-31-13-11-24)25-23(30)32-14-20-18-8-4-2-6-16(18)17-7-3-5-9-19(17)20/h2-9,15,20H,10-14H2,1H3,(H,25,30)(H,26,27)(H,28,29)/t15-/m0/s1. The van der Waals surface area contributed by atoms with E-state index in [2.05, 4.69) is 22.8 Å². The highest BCUT2D eigenvalue weighted by Gasteiger charge is 2.42. The molecule has 3 N–H and O–H groups in total. The van der Waals surface area contributed by atoms with Crippen LogP contribution in [0.15, 0.2) is 48.5 Å². The van der Waals surface area contributed by atoms with E-state index in [1.807, 2.05) is 36.4 Å². The second-order valence-corrected chi connectivity index (χ2v) is 8.18. The Labute approximate surface area is 185 Å². The summed E-state index contributed by atoms with van der Waals surface area (Å²) in [4.78, 5) is 36.7. The number of carbonyl (C=O) groups is 3. The van der Waals surface area contributed by atoms with Crippen molar-refractivity contribution in [3.8, 4) is 11.1 Å². The second-order valence-electron chi connectivity index (χ2n) is 8.18. The lowest BCUT2D eigenvalue weighted by molar-refractivity contribution is -0.152. The Morgan fingerprint density at radius 1 is 1.06 bits per heavy atom. The van der Waals surface area contributed by atoms with E-state index in [1.165, 1.54) is 6.92 Å². The van der Waals surface area contributed by atoms with E-state index >= 15 is 0 Å². The number of carbonyl (C=O) groups excluding carboxylic acids is 2. The van der Waals surface area contributed by atoms with Gasteiger partial charge in [-0.05, 0) is 29.2 Å². The predicted octanol–water partition coefficient (Wildman–Crippen LogP) is 2.66. The highest BCUT2D eigenvalue weighted by Crippen LogP contribution is 2.44. The molecule has 1 atom stereocenters. The van der Waals surface area contributed by atoms with Crippen molar-refractivity contribution in [2.75, 3.05) is 19.8 Å². The van der Waals surface area contributed by atoms with Crippen LogP contribution in [0.2, 0.25) is 0 Å². The number of carboxylic acids is 1. The molecule has 2 aromatic rings. The predicted molar refractivity (Wildman–Crippen MR) is 116 cm³/mol. The van der Waals surface area contributed by atoms with E-state index in [1.54, 1.807) is 0 Å². The fourth-order valence-electron chi connectivity index (χ4n) is 4.34. The monoisotopic (exact) mass is 438 g/mol. The van der Waals surface area contributed by atoms with E-state index in [9.17, 15) is 19.5 Å². The summed E-state index contributed by atoms with van der Waals surface area (Å²) in [6.45, 7) is 2.12. The maximum atomic E-state index is 12.6. The average Bonchev–Trinajstić information content (AvgIpc) is 3.12. The first-order valence-electron chi connectivity index (χ1n) is 10.7. The molecule has 32 heavy (non-hydrogen) atoms. The lowest BCUT2D eigenvalue weighted by Crippen LogP contribution is -2.60. The van der Waals surface area contributed by atoms with Gasteiger partial charge in [-0.2, -0.15) is 0 Å². The number of rotatable bonds is 6. The molecule has 8 nitrogen and oxygen atoms in total. The summed E-state index contributed by atoms with van der Waals surface area (Å²) < 4.78 is 10.7. The van der Waals surface area contributed by atoms with Crippen LogP contribution in [0.4, 0.5) is 4.79 Å². The number of hydrogen-bond acceptors (Lipinski definition) is 5. The molecule has 0 bridgehead atoms. The van der Waals surface area contributed by atoms with Crippen molar-refractivity contribution in [1.82, 2.24) is 10.6 Å². The van der Waals surface area contributed by atoms with Gasteiger partial charge in [0.2, 0.25) is 5.91 Å². The molecule has 0 spiro atoms.